The smallest absolute Gasteiger partial charge is 0.145 e. The monoisotopic (exact) mass is 359 g/mol. The summed E-state index contributed by atoms with van der Waals surface area (Å²) in [4.78, 5) is 0. The van der Waals surface area contributed by atoms with Crippen molar-refractivity contribution in [3.05, 3.63) is 25.3 Å². The first-order valence-corrected chi connectivity index (χ1v) is 4.80. The quantitative estimate of drug-likeness (QED) is 0.701. The van der Waals surface area contributed by atoms with E-state index in [0.29, 0.717) is 0 Å². The molecule has 10 heavy (non-hydrogen) atoms. The van der Waals surface area contributed by atoms with Gasteiger partial charge in [0.1, 0.15) is 5.75 Å². The summed E-state index contributed by atoms with van der Waals surface area (Å²) >= 11 is 4.45. The fourth-order valence-electron chi connectivity index (χ4n) is 0.628. The molecule has 0 saturated carbocycles. The van der Waals surface area contributed by atoms with Gasteiger partial charge in [-0.05, 0) is 63.4 Å². The Kier molecular flexibility index (Phi) is 3.22. The number of hydrogen-bond acceptors (Lipinski definition) is 1. The predicted octanol–water partition coefficient (Wildman–Crippen LogP) is 2.70. The maximum absolute atomic E-state index is 5.14. The van der Waals surface area contributed by atoms with Crippen LogP contribution in [0.1, 0.15) is 0 Å². The molecule has 1 rings (SSSR count). The van der Waals surface area contributed by atoms with Crippen LogP contribution in [0.15, 0.2) is 12.1 Å². The molecule has 0 fully saturated rings. The Morgan fingerprint density at radius 3 is 2.10 bits per heavy atom. The third kappa shape index (κ3) is 1.75. The summed E-state index contributed by atoms with van der Waals surface area (Å²) in [5.41, 5.74) is 0. The lowest BCUT2D eigenvalue weighted by Crippen LogP contribution is -1.89. The van der Waals surface area contributed by atoms with Crippen molar-refractivity contribution >= 4 is 45.2 Å². The number of hydrogen-bond donors (Lipinski definition) is 0. The van der Waals surface area contributed by atoms with E-state index in [4.69, 9.17) is 4.74 Å². The van der Waals surface area contributed by atoms with E-state index < -0.39 is 0 Å². The number of rotatable bonds is 1. The molecule has 0 amide bonds. The van der Waals surface area contributed by atoms with Crippen molar-refractivity contribution in [1.82, 2.24) is 0 Å². The Morgan fingerprint density at radius 1 is 1.30 bits per heavy atom. The molecule has 53 valence electrons. The summed E-state index contributed by atoms with van der Waals surface area (Å²) < 4.78 is 7.35. The average molecular weight is 359 g/mol. The van der Waals surface area contributed by atoms with E-state index in [1.54, 1.807) is 7.11 Å². The predicted molar refractivity (Wildman–Crippen MR) is 57.3 cm³/mol. The molecule has 0 atom stereocenters. The van der Waals surface area contributed by atoms with E-state index in [1.165, 1.54) is 0 Å². The van der Waals surface area contributed by atoms with Crippen molar-refractivity contribution in [2.75, 3.05) is 7.11 Å². The number of methoxy groups -OCH3 is 1. The zero-order valence-electron chi connectivity index (χ0n) is 5.32. The van der Waals surface area contributed by atoms with Gasteiger partial charge in [0.15, 0.2) is 0 Å². The largest absolute Gasteiger partial charge is 0.495 e. The fraction of sp³-hybridized carbons (Fsp3) is 0.143. The van der Waals surface area contributed by atoms with Gasteiger partial charge in [0.25, 0.3) is 0 Å². The molecule has 1 radical (unpaired) electrons. The highest BCUT2D eigenvalue weighted by Gasteiger charge is 2.01. The molecule has 0 spiro atoms. The van der Waals surface area contributed by atoms with E-state index in [1.807, 2.05) is 12.1 Å². The minimum absolute atomic E-state index is 0.944. The van der Waals surface area contributed by atoms with Gasteiger partial charge in [-0.15, -0.1) is 0 Å². The Labute approximate surface area is 87.4 Å². The summed E-state index contributed by atoms with van der Waals surface area (Å²) in [7, 11) is 1.68. The molecule has 1 aromatic carbocycles. The van der Waals surface area contributed by atoms with Crippen LogP contribution in [0.3, 0.4) is 0 Å². The lowest BCUT2D eigenvalue weighted by Gasteiger charge is -2.03. The number of halogens is 2. The second-order valence-electron chi connectivity index (χ2n) is 1.68. The first kappa shape index (κ1) is 8.58. The van der Waals surface area contributed by atoms with Crippen molar-refractivity contribution in [3.63, 3.8) is 0 Å². The molecular weight excluding hydrogens is 354 g/mol. The summed E-state index contributed by atoms with van der Waals surface area (Å²) in [5, 5.41) is 0. The van der Waals surface area contributed by atoms with Crippen LogP contribution in [0, 0.1) is 13.2 Å². The average Bonchev–Trinajstić information content (AvgIpc) is 1.88. The zero-order valence-corrected chi connectivity index (χ0v) is 9.63. The van der Waals surface area contributed by atoms with Gasteiger partial charge in [-0.2, -0.15) is 0 Å². The highest BCUT2D eigenvalue weighted by Crippen LogP contribution is 2.25. The van der Waals surface area contributed by atoms with Crippen molar-refractivity contribution in [2.24, 2.45) is 0 Å². The Morgan fingerprint density at radius 2 is 1.80 bits per heavy atom. The topological polar surface area (TPSA) is 9.23 Å². The SMILES string of the molecule is COc1c(I)c[c]cc1I. The van der Waals surface area contributed by atoms with Crippen LogP contribution in [-0.2, 0) is 0 Å². The van der Waals surface area contributed by atoms with E-state index >= 15 is 0 Å². The van der Waals surface area contributed by atoms with Crippen molar-refractivity contribution in [2.45, 2.75) is 0 Å². The Hall–Kier alpha value is 0.480. The molecule has 0 unspecified atom stereocenters. The molecule has 0 N–H and O–H groups in total. The maximum atomic E-state index is 5.14. The minimum atomic E-state index is 0.944. The van der Waals surface area contributed by atoms with Crippen LogP contribution in [0.25, 0.3) is 0 Å². The fourth-order valence-corrected chi connectivity index (χ4v) is 2.53. The third-order valence-corrected chi connectivity index (χ3v) is 2.66. The Bertz CT molecular complexity index is 215. The molecule has 0 saturated heterocycles. The van der Waals surface area contributed by atoms with Crippen LogP contribution in [-0.4, -0.2) is 7.11 Å². The lowest BCUT2D eigenvalue weighted by molar-refractivity contribution is 0.409. The zero-order chi connectivity index (χ0) is 7.56. The van der Waals surface area contributed by atoms with Crippen LogP contribution in [0.2, 0.25) is 0 Å². The van der Waals surface area contributed by atoms with Gasteiger partial charge in [0.2, 0.25) is 0 Å². The molecule has 1 nitrogen and oxygen atoms in total. The molecule has 0 aromatic heterocycles. The van der Waals surface area contributed by atoms with E-state index in [0.717, 1.165) is 12.9 Å². The molecule has 1 aromatic rings. The molecule has 0 bridgehead atoms. The van der Waals surface area contributed by atoms with Crippen molar-refractivity contribution in [3.8, 4) is 5.75 Å². The Balaban J connectivity index is 3.17. The number of ether oxygens (including phenoxy) is 1. The van der Waals surface area contributed by atoms with E-state index in [9.17, 15) is 0 Å². The minimum Gasteiger partial charge on any atom is -0.495 e. The normalized spacial score (nSPS) is 9.50. The van der Waals surface area contributed by atoms with Crippen LogP contribution in [0.4, 0.5) is 0 Å². The molecule has 3 heteroatoms. The van der Waals surface area contributed by atoms with Crippen molar-refractivity contribution in [1.29, 1.82) is 0 Å². The lowest BCUT2D eigenvalue weighted by atomic mass is 10.3. The number of benzene rings is 1. The maximum Gasteiger partial charge on any atom is 0.145 e. The highest BCUT2D eigenvalue weighted by atomic mass is 127. The van der Waals surface area contributed by atoms with Gasteiger partial charge in [-0.3, -0.25) is 0 Å². The van der Waals surface area contributed by atoms with Gasteiger partial charge in [0, 0.05) is 0 Å². The first-order chi connectivity index (χ1) is 4.75. The van der Waals surface area contributed by atoms with Gasteiger partial charge in [-0.1, -0.05) is 0 Å². The van der Waals surface area contributed by atoms with E-state index in [2.05, 4.69) is 51.2 Å². The molecule has 0 heterocycles. The highest BCUT2D eigenvalue weighted by molar-refractivity contribution is 14.1. The van der Waals surface area contributed by atoms with Crippen LogP contribution < -0.4 is 4.74 Å². The second kappa shape index (κ2) is 3.75. The summed E-state index contributed by atoms with van der Waals surface area (Å²) in [6.45, 7) is 0. The van der Waals surface area contributed by atoms with Gasteiger partial charge in [-0.25, -0.2) is 0 Å². The van der Waals surface area contributed by atoms with Gasteiger partial charge >= 0.3 is 0 Å². The van der Waals surface area contributed by atoms with E-state index in [-0.39, 0.29) is 0 Å². The molecular formula is C7H5I2O. The van der Waals surface area contributed by atoms with Crippen LogP contribution >= 0.6 is 45.2 Å². The molecule has 0 aliphatic rings. The van der Waals surface area contributed by atoms with Crippen LogP contribution in [0.5, 0.6) is 5.75 Å². The van der Waals surface area contributed by atoms with Gasteiger partial charge in [0.05, 0.1) is 14.3 Å². The summed E-state index contributed by atoms with van der Waals surface area (Å²) in [5.74, 6) is 0.944. The molecule has 0 aliphatic heterocycles. The van der Waals surface area contributed by atoms with Crippen molar-refractivity contribution < 1.29 is 4.74 Å². The first-order valence-electron chi connectivity index (χ1n) is 2.65. The van der Waals surface area contributed by atoms with Gasteiger partial charge < -0.3 is 4.74 Å². The standard InChI is InChI=1S/C7H5I2O/c1-10-7-5(8)3-2-4-6(7)9/h3-4H,1H3. The summed E-state index contributed by atoms with van der Waals surface area (Å²) in [6.07, 6.45) is 0. The summed E-state index contributed by atoms with van der Waals surface area (Å²) in [6, 6.07) is 6.82. The molecule has 0 aliphatic carbocycles. The second-order valence-corrected chi connectivity index (χ2v) is 4.01. The third-order valence-electron chi connectivity index (χ3n) is 1.06.